The van der Waals surface area contributed by atoms with Crippen LogP contribution in [0.1, 0.15) is 38.5 Å². The van der Waals surface area contributed by atoms with Gasteiger partial charge >= 0.3 is 0 Å². The van der Waals surface area contributed by atoms with Gasteiger partial charge in [0.05, 0.1) is 0 Å². The van der Waals surface area contributed by atoms with Crippen molar-refractivity contribution in [3.63, 3.8) is 0 Å². The standard InChI is InChI=1S/C6H12.2BrH/c1-2-4-6-5-3-1;;/h1-6H2;2*1H/p-2. The molecule has 0 aromatic rings. The van der Waals surface area contributed by atoms with E-state index in [0.29, 0.717) is 0 Å². The van der Waals surface area contributed by atoms with Crippen LogP contribution in [0.5, 0.6) is 0 Å². The highest BCUT2D eigenvalue weighted by Gasteiger charge is 1.95. The third-order valence-corrected chi connectivity index (χ3v) is 1.50. The molecule has 0 spiro atoms. The molecule has 52 valence electrons. The summed E-state index contributed by atoms with van der Waals surface area (Å²) in [6.07, 6.45) is 9.00. The molecule has 1 aliphatic carbocycles. The van der Waals surface area contributed by atoms with Crippen molar-refractivity contribution in [2.45, 2.75) is 38.5 Å². The Labute approximate surface area is 72.6 Å². The Morgan fingerprint density at radius 1 is 0.375 bits per heavy atom. The second kappa shape index (κ2) is 7.96. The van der Waals surface area contributed by atoms with Crippen LogP contribution in [0.4, 0.5) is 0 Å². The maximum absolute atomic E-state index is 1.50. The van der Waals surface area contributed by atoms with Crippen molar-refractivity contribution < 1.29 is 34.0 Å². The summed E-state index contributed by atoms with van der Waals surface area (Å²) in [4.78, 5) is 0. The van der Waals surface area contributed by atoms with Gasteiger partial charge in [-0.2, -0.15) is 0 Å². The highest BCUT2D eigenvalue weighted by Crippen LogP contribution is 2.15. The first-order valence-electron chi connectivity index (χ1n) is 3.00. The van der Waals surface area contributed by atoms with Crippen LogP contribution in [-0.2, 0) is 0 Å². The van der Waals surface area contributed by atoms with Crippen LogP contribution >= 0.6 is 0 Å². The molecular weight excluding hydrogens is 232 g/mol. The summed E-state index contributed by atoms with van der Waals surface area (Å²) < 4.78 is 0. The van der Waals surface area contributed by atoms with E-state index < -0.39 is 0 Å². The summed E-state index contributed by atoms with van der Waals surface area (Å²) in [5.41, 5.74) is 0. The molecule has 0 saturated heterocycles. The fourth-order valence-corrected chi connectivity index (χ4v) is 1.06. The van der Waals surface area contributed by atoms with Crippen molar-refractivity contribution in [2.75, 3.05) is 0 Å². The van der Waals surface area contributed by atoms with Crippen molar-refractivity contribution in [1.82, 2.24) is 0 Å². The number of hydrogen-bond acceptors (Lipinski definition) is 0. The van der Waals surface area contributed by atoms with Crippen molar-refractivity contribution in [2.24, 2.45) is 0 Å². The molecule has 0 radical (unpaired) electrons. The van der Waals surface area contributed by atoms with Crippen LogP contribution in [0.25, 0.3) is 0 Å². The van der Waals surface area contributed by atoms with E-state index in [1.54, 1.807) is 0 Å². The predicted molar refractivity (Wildman–Crippen MR) is 27.7 cm³/mol. The lowest BCUT2D eigenvalue weighted by Gasteiger charge is -2.05. The highest BCUT2D eigenvalue weighted by molar-refractivity contribution is 4.51. The Bertz CT molecular complexity index is 22.0. The van der Waals surface area contributed by atoms with Crippen molar-refractivity contribution in [3.05, 3.63) is 0 Å². The van der Waals surface area contributed by atoms with E-state index in [-0.39, 0.29) is 34.0 Å². The Kier molecular flexibility index (Phi) is 11.7. The number of rotatable bonds is 0. The lowest BCUT2D eigenvalue weighted by molar-refractivity contribution is -0.00100. The molecule has 1 aliphatic rings. The van der Waals surface area contributed by atoms with Gasteiger partial charge in [0.1, 0.15) is 0 Å². The van der Waals surface area contributed by atoms with E-state index >= 15 is 0 Å². The van der Waals surface area contributed by atoms with Gasteiger partial charge in [0, 0.05) is 0 Å². The van der Waals surface area contributed by atoms with E-state index in [1.807, 2.05) is 0 Å². The van der Waals surface area contributed by atoms with Gasteiger partial charge in [-0.05, 0) is 0 Å². The molecule has 0 N–H and O–H groups in total. The van der Waals surface area contributed by atoms with Gasteiger partial charge in [-0.15, -0.1) is 0 Å². The third-order valence-electron chi connectivity index (χ3n) is 1.50. The first kappa shape index (κ1) is 11.7. The molecule has 1 saturated carbocycles. The van der Waals surface area contributed by atoms with Gasteiger partial charge in [0.15, 0.2) is 0 Å². The molecule has 0 bridgehead atoms. The summed E-state index contributed by atoms with van der Waals surface area (Å²) in [5.74, 6) is 0. The lowest BCUT2D eigenvalue weighted by Crippen LogP contribution is -3.00. The minimum Gasteiger partial charge on any atom is -1.00 e. The molecule has 0 heterocycles. The molecule has 0 unspecified atom stereocenters. The zero-order chi connectivity index (χ0) is 4.24. The summed E-state index contributed by atoms with van der Waals surface area (Å²) >= 11 is 0. The fraction of sp³-hybridized carbons (Fsp3) is 1.00. The summed E-state index contributed by atoms with van der Waals surface area (Å²) in [7, 11) is 0. The van der Waals surface area contributed by atoms with Crippen LogP contribution in [0, 0.1) is 0 Å². The molecule has 0 nitrogen and oxygen atoms in total. The van der Waals surface area contributed by atoms with Crippen LogP contribution in [0.3, 0.4) is 0 Å². The zero-order valence-electron chi connectivity index (χ0n) is 5.00. The molecular formula is C6H12Br2-2. The summed E-state index contributed by atoms with van der Waals surface area (Å²) in [6, 6.07) is 0. The van der Waals surface area contributed by atoms with Gasteiger partial charge in [0.25, 0.3) is 0 Å². The molecule has 2 heteroatoms. The van der Waals surface area contributed by atoms with Crippen molar-refractivity contribution >= 4 is 0 Å². The topological polar surface area (TPSA) is 0 Å². The zero-order valence-corrected chi connectivity index (χ0v) is 8.17. The Hall–Kier alpha value is 0.960. The molecule has 0 aromatic carbocycles. The maximum Gasteiger partial charge on any atom is -0.0533 e. The monoisotopic (exact) mass is 242 g/mol. The highest BCUT2D eigenvalue weighted by atomic mass is 79.9. The average Bonchev–Trinajstić information content (AvgIpc) is 1.72. The molecule has 8 heavy (non-hydrogen) atoms. The van der Waals surface area contributed by atoms with E-state index in [2.05, 4.69) is 0 Å². The van der Waals surface area contributed by atoms with E-state index in [1.165, 1.54) is 38.5 Å². The van der Waals surface area contributed by atoms with Crippen molar-refractivity contribution in [1.29, 1.82) is 0 Å². The van der Waals surface area contributed by atoms with Crippen molar-refractivity contribution in [3.8, 4) is 0 Å². The molecule has 1 rings (SSSR count). The minimum atomic E-state index is 0. The molecule has 1 fully saturated rings. The molecule has 0 aromatic heterocycles. The molecule has 0 amide bonds. The van der Waals surface area contributed by atoms with E-state index in [4.69, 9.17) is 0 Å². The van der Waals surface area contributed by atoms with Gasteiger partial charge in [-0.1, -0.05) is 38.5 Å². The normalized spacial score (nSPS) is 18.0. The first-order chi connectivity index (χ1) is 3.00. The average molecular weight is 244 g/mol. The van der Waals surface area contributed by atoms with Gasteiger partial charge in [-0.3, -0.25) is 0 Å². The minimum absolute atomic E-state index is 0. The lowest BCUT2D eigenvalue weighted by atomic mass is 10.0. The Morgan fingerprint density at radius 2 is 0.500 bits per heavy atom. The Balaban J connectivity index is 0. The van der Waals surface area contributed by atoms with E-state index in [0.717, 1.165) is 0 Å². The maximum atomic E-state index is 1.50. The summed E-state index contributed by atoms with van der Waals surface area (Å²) in [6.45, 7) is 0. The first-order valence-corrected chi connectivity index (χ1v) is 3.00. The van der Waals surface area contributed by atoms with Gasteiger partial charge in [-0.25, -0.2) is 0 Å². The fourth-order valence-electron chi connectivity index (χ4n) is 1.06. The smallest absolute Gasteiger partial charge is 0.0533 e. The van der Waals surface area contributed by atoms with Crippen LogP contribution in [0.15, 0.2) is 0 Å². The number of halogens is 2. The second-order valence-electron chi connectivity index (χ2n) is 2.12. The Morgan fingerprint density at radius 3 is 0.625 bits per heavy atom. The largest absolute Gasteiger partial charge is 1.00 e. The molecule has 0 atom stereocenters. The van der Waals surface area contributed by atoms with Gasteiger partial charge < -0.3 is 34.0 Å². The predicted octanol–water partition coefficient (Wildman–Crippen LogP) is -3.65. The van der Waals surface area contributed by atoms with Gasteiger partial charge in [0.2, 0.25) is 0 Å². The second-order valence-corrected chi connectivity index (χ2v) is 2.12. The van der Waals surface area contributed by atoms with Crippen LogP contribution in [-0.4, -0.2) is 0 Å². The molecule has 0 aliphatic heterocycles. The SMILES string of the molecule is C1CCCCC1.[Br-].[Br-]. The van der Waals surface area contributed by atoms with Crippen LogP contribution < -0.4 is 34.0 Å². The van der Waals surface area contributed by atoms with Crippen LogP contribution in [0.2, 0.25) is 0 Å². The van der Waals surface area contributed by atoms with E-state index in [9.17, 15) is 0 Å². The quantitative estimate of drug-likeness (QED) is 0.412. The number of hydrogen-bond donors (Lipinski definition) is 0. The third kappa shape index (κ3) is 5.10. The summed E-state index contributed by atoms with van der Waals surface area (Å²) in [5, 5.41) is 0.